The molecule has 0 amide bonds. The summed E-state index contributed by atoms with van der Waals surface area (Å²) in [5, 5.41) is 9.08. The van der Waals surface area contributed by atoms with Gasteiger partial charge in [-0.1, -0.05) is 19.9 Å². The summed E-state index contributed by atoms with van der Waals surface area (Å²) < 4.78 is 4.60. The van der Waals surface area contributed by atoms with E-state index in [1.165, 1.54) is 0 Å². The molecule has 76 valence electrons. The number of carbonyl (C=O) groups is 1. The molecule has 0 aromatic rings. The van der Waals surface area contributed by atoms with Crippen molar-refractivity contribution in [2.24, 2.45) is 0 Å². The Kier molecular flexibility index (Phi) is 12.1. The molecule has 3 nitrogen and oxygen atoms in total. The van der Waals surface area contributed by atoms with Crippen LogP contribution in [0.2, 0.25) is 0 Å². The minimum absolute atomic E-state index is 0.0681. The highest BCUT2D eigenvalue weighted by Gasteiger charge is 2.04. The maximum atomic E-state index is 10.5. The van der Waals surface area contributed by atoms with Crippen LogP contribution in [-0.4, -0.2) is 23.8 Å². The van der Waals surface area contributed by atoms with Crippen molar-refractivity contribution in [1.29, 1.82) is 0 Å². The Morgan fingerprint density at radius 1 is 1.62 bits per heavy atom. The molecule has 1 atom stereocenters. The van der Waals surface area contributed by atoms with E-state index in [1.807, 2.05) is 6.92 Å². The summed E-state index contributed by atoms with van der Waals surface area (Å²) in [5.74, 6) is -0.486. The van der Waals surface area contributed by atoms with Crippen molar-refractivity contribution in [3.05, 3.63) is 25.8 Å². The molecule has 0 spiro atoms. The molecule has 0 bridgehead atoms. The summed E-state index contributed by atoms with van der Waals surface area (Å²) in [7, 11) is 0. The molecule has 0 aliphatic rings. The second-order valence-corrected chi connectivity index (χ2v) is 2.28. The lowest BCUT2D eigenvalue weighted by Gasteiger charge is -2.07. The lowest BCUT2D eigenvalue weighted by atomic mass is 10.2. The van der Waals surface area contributed by atoms with E-state index in [4.69, 9.17) is 5.11 Å². The number of carbonyl (C=O) groups excluding carboxylic acids is 1. The first-order chi connectivity index (χ1) is 6.20. The number of aliphatic hydroxyl groups is 1. The van der Waals surface area contributed by atoms with E-state index in [1.54, 1.807) is 0 Å². The van der Waals surface area contributed by atoms with E-state index in [9.17, 15) is 4.79 Å². The predicted octanol–water partition coefficient (Wildman–Crippen LogP) is 1.68. The van der Waals surface area contributed by atoms with Crippen LogP contribution in [0.15, 0.2) is 25.8 Å². The van der Waals surface area contributed by atoms with Gasteiger partial charge in [0.1, 0.15) is 6.61 Å². The normalized spacial score (nSPS) is 10.6. The van der Waals surface area contributed by atoms with Gasteiger partial charge in [-0.3, -0.25) is 0 Å². The van der Waals surface area contributed by atoms with Gasteiger partial charge in [-0.2, -0.15) is 0 Å². The average molecular weight is 186 g/mol. The van der Waals surface area contributed by atoms with Crippen LogP contribution in [0.4, 0.5) is 0 Å². The number of hydrogen-bond acceptors (Lipinski definition) is 3. The molecule has 0 aromatic carbocycles. The summed E-state index contributed by atoms with van der Waals surface area (Å²) >= 11 is 0. The first-order valence-electron chi connectivity index (χ1n) is 4.18. The van der Waals surface area contributed by atoms with Gasteiger partial charge in [-0.25, -0.2) is 4.79 Å². The Morgan fingerprint density at radius 2 is 2.15 bits per heavy atom. The van der Waals surface area contributed by atoms with E-state index in [-0.39, 0.29) is 6.61 Å². The minimum Gasteiger partial charge on any atom is -0.460 e. The third-order valence-corrected chi connectivity index (χ3v) is 1.21. The first-order valence-corrected chi connectivity index (χ1v) is 4.18. The third kappa shape index (κ3) is 10.9. The number of aliphatic hydroxyl groups excluding tert-OH is 1. The van der Waals surface area contributed by atoms with Gasteiger partial charge in [0.05, 0.1) is 6.10 Å². The van der Waals surface area contributed by atoms with Crippen LogP contribution in [0, 0.1) is 0 Å². The van der Waals surface area contributed by atoms with Crippen LogP contribution in [0.3, 0.4) is 0 Å². The molecule has 0 aromatic heterocycles. The van der Waals surface area contributed by atoms with Crippen molar-refractivity contribution in [1.82, 2.24) is 0 Å². The lowest BCUT2D eigenvalue weighted by molar-refractivity contribution is -0.140. The van der Waals surface area contributed by atoms with Crippen molar-refractivity contribution in [3.63, 3.8) is 0 Å². The number of esters is 1. The highest BCUT2D eigenvalue weighted by molar-refractivity contribution is 5.81. The van der Waals surface area contributed by atoms with Crippen LogP contribution < -0.4 is 0 Å². The van der Waals surface area contributed by atoms with Crippen LogP contribution in [0.25, 0.3) is 0 Å². The van der Waals surface area contributed by atoms with Crippen LogP contribution in [0.1, 0.15) is 19.8 Å². The van der Waals surface area contributed by atoms with Gasteiger partial charge in [-0.15, -0.1) is 13.2 Å². The summed E-state index contributed by atoms with van der Waals surface area (Å²) in [4.78, 5) is 10.5. The number of ether oxygens (including phenoxy) is 1. The quantitative estimate of drug-likeness (QED) is 0.403. The summed E-state index contributed by atoms with van der Waals surface area (Å²) in [6.07, 6.45) is 2.08. The fraction of sp³-hybridized carbons (Fsp3) is 0.500. The van der Waals surface area contributed by atoms with Crippen molar-refractivity contribution in [3.8, 4) is 0 Å². The summed E-state index contributed by atoms with van der Waals surface area (Å²) in [5.41, 5.74) is 0. The van der Waals surface area contributed by atoms with E-state index >= 15 is 0 Å². The Hall–Kier alpha value is -1.09. The minimum atomic E-state index is -0.538. The molecule has 3 heteroatoms. The molecule has 1 N–H and O–H groups in total. The van der Waals surface area contributed by atoms with Crippen LogP contribution in [0.5, 0.6) is 0 Å². The lowest BCUT2D eigenvalue weighted by Crippen LogP contribution is -2.16. The second-order valence-electron chi connectivity index (χ2n) is 2.28. The second kappa shape index (κ2) is 10.9. The van der Waals surface area contributed by atoms with Crippen molar-refractivity contribution in [2.75, 3.05) is 6.61 Å². The Bertz CT molecular complexity index is 143. The molecular weight excluding hydrogens is 168 g/mol. The predicted molar refractivity (Wildman–Crippen MR) is 53.3 cm³/mol. The molecular formula is C10H18O3. The number of hydrogen-bond donors (Lipinski definition) is 1. The molecule has 0 fully saturated rings. The van der Waals surface area contributed by atoms with Gasteiger partial charge < -0.3 is 9.84 Å². The van der Waals surface area contributed by atoms with Crippen LogP contribution in [-0.2, 0) is 9.53 Å². The Morgan fingerprint density at radius 3 is 2.54 bits per heavy atom. The van der Waals surface area contributed by atoms with Crippen molar-refractivity contribution < 1.29 is 14.6 Å². The molecule has 0 saturated carbocycles. The Labute approximate surface area is 79.7 Å². The SMILES string of the molecule is C=C.C=CC(=O)OCC(O)CCC. The molecule has 1 unspecified atom stereocenters. The largest absolute Gasteiger partial charge is 0.460 e. The monoisotopic (exact) mass is 186 g/mol. The van der Waals surface area contributed by atoms with Crippen molar-refractivity contribution in [2.45, 2.75) is 25.9 Å². The van der Waals surface area contributed by atoms with E-state index in [0.717, 1.165) is 12.5 Å². The molecule has 0 heterocycles. The first kappa shape index (κ1) is 14.4. The van der Waals surface area contributed by atoms with Gasteiger partial charge in [0.15, 0.2) is 0 Å². The summed E-state index contributed by atoms with van der Waals surface area (Å²) in [6.45, 7) is 11.3. The van der Waals surface area contributed by atoms with Gasteiger partial charge in [-0.05, 0) is 6.42 Å². The van der Waals surface area contributed by atoms with E-state index < -0.39 is 12.1 Å². The zero-order valence-corrected chi connectivity index (χ0v) is 8.16. The highest BCUT2D eigenvalue weighted by atomic mass is 16.5. The maximum absolute atomic E-state index is 10.5. The zero-order valence-electron chi connectivity index (χ0n) is 8.16. The topological polar surface area (TPSA) is 46.5 Å². The molecule has 0 rings (SSSR count). The average Bonchev–Trinajstić information content (AvgIpc) is 2.18. The Balaban J connectivity index is 0. The van der Waals surface area contributed by atoms with Gasteiger partial charge in [0, 0.05) is 6.08 Å². The van der Waals surface area contributed by atoms with Gasteiger partial charge in [0.25, 0.3) is 0 Å². The third-order valence-electron chi connectivity index (χ3n) is 1.21. The fourth-order valence-electron chi connectivity index (χ4n) is 0.654. The molecule has 13 heavy (non-hydrogen) atoms. The molecule has 0 radical (unpaired) electrons. The molecule has 0 saturated heterocycles. The summed E-state index contributed by atoms with van der Waals surface area (Å²) in [6, 6.07) is 0. The molecule has 0 aliphatic heterocycles. The standard InChI is InChI=1S/C8H14O3.C2H4/c1-3-5-7(9)6-11-8(10)4-2;1-2/h4,7,9H,2-3,5-6H2,1H3;1-2H2. The molecule has 0 aliphatic carbocycles. The van der Waals surface area contributed by atoms with Crippen LogP contribution >= 0.6 is 0 Å². The van der Waals surface area contributed by atoms with Gasteiger partial charge in [0.2, 0.25) is 0 Å². The highest BCUT2D eigenvalue weighted by Crippen LogP contribution is 1.96. The van der Waals surface area contributed by atoms with Gasteiger partial charge >= 0.3 is 5.97 Å². The van der Waals surface area contributed by atoms with E-state index in [0.29, 0.717) is 6.42 Å². The smallest absolute Gasteiger partial charge is 0.330 e. The van der Waals surface area contributed by atoms with E-state index in [2.05, 4.69) is 24.5 Å². The van der Waals surface area contributed by atoms with Crippen molar-refractivity contribution >= 4 is 5.97 Å². The maximum Gasteiger partial charge on any atom is 0.330 e. The number of rotatable bonds is 5. The zero-order chi connectivity index (χ0) is 10.7. The fourth-order valence-corrected chi connectivity index (χ4v) is 0.654.